The summed E-state index contributed by atoms with van der Waals surface area (Å²) in [6, 6.07) is 0. The molecule has 2 rings (SSSR count). The van der Waals surface area contributed by atoms with E-state index in [9.17, 15) is 4.79 Å². The van der Waals surface area contributed by atoms with Crippen molar-refractivity contribution >= 4 is 32.8 Å². The first-order valence-corrected chi connectivity index (χ1v) is 5.31. The number of pyridine rings is 1. The molecule has 4 nitrogen and oxygen atoms in total. The summed E-state index contributed by atoms with van der Waals surface area (Å²) < 4.78 is 5.76. The quantitative estimate of drug-likeness (QED) is 0.852. The van der Waals surface area contributed by atoms with Crippen LogP contribution in [0.1, 0.15) is 17.3 Å². The number of nitrogens with one attached hydrogen (secondary N) is 1. The second kappa shape index (κ2) is 4.02. The standard InChI is InChI=1S/C10H9BrN2O2/c1-2-15-10(14)7-4-13-9-6(7)3-12-5-8(9)11/h3-5,13H,2H2,1H3. The van der Waals surface area contributed by atoms with Gasteiger partial charge < -0.3 is 9.72 Å². The fourth-order valence-corrected chi connectivity index (χ4v) is 1.83. The number of nitrogens with zero attached hydrogens (tertiary/aromatic N) is 1. The first-order chi connectivity index (χ1) is 7.24. The number of rotatable bonds is 2. The number of halogens is 1. The first kappa shape index (κ1) is 10.2. The molecule has 15 heavy (non-hydrogen) atoms. The van der Waals surface area contributed by atoms with E-state index in [1.54, 1.807) is 25.5 Å². The molecule has 0 bridgehead atoms. The summed E-state index contributed by atoms with van der Waals surface area (Å²) in [5, 5.41) is 0.767. The van der Waals surface area contributed by atoms with Crippen molar-refractivity contribution in [2.24, 2.45) is 0 Å². The Balaban J connectivity index is 2.54. The minimum absolute atomic E-state index is 0.330. The van der Waals surface area contributed by atoms with E-state index in [1.165, 1.54) is 0 Å². The minimum Gasteiger partial charge on any atom is -0.462 e. The van der Waals surface area contributed by atoms with Gasteiger partial charge in [-0.25, -0.2) is 4.79 Å². The maximum absolute atomic E-state index is 11.5. The zero-order chi connectivity index (χ0) is 10.8. The van der Waals surface area contributed by atoms with Gasteiger partial charge in [0, 0.05) is 24.0 Å². The molecule has 0 atom stereocenters. The van der Waals surface area contributed by atoms with Gasteiger partial charge in [-0.2, -0.15) is 0 Å². The molecule has 0 aliphatic carbocycles. The van der Waals surface area contributed by atoms with Crippen molar-refractivity contribution in [3.63, 3.8) is 0 Å². The Kier molecular flexibility index (Phi) is 2.73. The molecular weight excluding hydrogens is 260 g/mol. The highest BCUT2D eigenvalue weighted by Crippen LogP contribution is 2.24. The summed E-state index contributed by atoms with van der Waals surface area (Å²) in [6.45, 7) is 2.15. The summed E-state index contributed by atoms with van der Waals surface area (Å²) >= 11 is 3.35. The average molecular weight is 269 g/mol. The molecule has 2 aromatic heterocycles. The maximum Gasteiger partial charge on any atom is 0.340 e. The molecule has 78 valence electrons. The van der Waals surface area contributed by atoms with E-state index in [4.69, 9.17) is 4.74 Å². The number of carbonyl (C=O) groups is 1. The van der Waals surface area contributed by atoms with E-state index >= 15 is 0 Å². The molecule has 0 saturated heterocycles. The molecule has 0 radical (unpaired) electrons. The van der Waals surface area contributed by atoms with Gasteiger partial charge in [-0.15, -0.1) is 0 Å². The van der Waals surface area contributed by atoms with Crippen LogP contribution in [0.2, 0.25) is 0 Å². The fraction of sp³-hybridized carbons (Fsp3) is 0.200. The van der Waals surface area contributed by atoms with Gasteiger partial charge in [0.25, 0.3) is 0 Å². The number of fused-ring (bicyclic) bond motifs is 1. The number of ether oxygens (including phenoxy) is 1. The summed E-state index contributed by atoms with van der Waals surface area (Å²) in [7, 11) is 0. The van der Waals surface area contributed by atoms with Crippen LogP contribution in [0.15, 0.2) is 23.1 Å². The Bertz CT molecular complexity index is 507. The molecule has 0 unspecified atom stereocenters. The zero-order valence-corrected chi connectivity index (χ0v) is 9.67. The smallest absolute Gasteiger partial charge is 0.340 e. The van der Waals surface area contributed by atoms with E-state index < -0.39 is 0 Å². The van der Waals surface area contributed by atoms with Gasteiger partial charge in [-0.3, -0.25) is 4.98 Å². The summed E-state index contributed by atoms with van der Waals surface area (Å²) in [5.74, 6) is -0.330. The topological polar surface area (TPSA) is 55.0 Å². The average Bonchev–Trinajstić information content (AvgIpc) is 2.63. The van der Waals surface area contributed by atoms with Crippen LogP contribution in [0.4, 0.5) is 0 Å². The second-order valence-corrected chi connectivity index (χ2v) is 3.82. The van der Waals surface area contributed by atoms with E-state index in [-0.39, 0.29) is 5.97 Å². The van der Waals surface area contributed by atoms with Crippen molar-refractivity contribution in [2.75, 3.05) is 6.61 Å². The van der Waals surface area contributed by atoms with Crippen LogP contribution in [0.5, 0.6) is 0 Å². The number of H-pyrrole nitrogens is 1. The van der Waals surface area contributed by atoms with Gasteiger partial charge in [-0.1, -0.05) is 0 Å². The molecule has 0 aliphatic rings. The van der Waals surface area contributed by atoms with Crippen LogP contribution in [-0.4, -0.2) is 22.5 Å². The second-order valence-electron chi connectivity index (χ2n) is 2.97. The van der Waals surface area contributed by atoms with Crippen LogP contribution >= 0.6 is 15.9 Å². The van der Waals surface area contributed by atoms with Crippen molar-refractivity contribution < 1.29 is 9.53 Å². The van der Waals surface area contributed by atoms with E-state index in [0.29, 0.717) is 12.2 Å². The third kappa shape index (κ3) is 1.74. The lowest BCUT2D eigenvalue weighted by Gasteiger charge is -1.99. The number of aromatic nitrogens is 2. The lowest BCUT2D eigenvalue weighted by Crippen LogP contribution is -2.03. The Morgan fingerprint density at radius 2 is 2.40 bits per heavy atom. The number of hydrogen-bond acceptors (Lipinski definition) is 3. The van der Waals surface area contributed by atoms with Crippen LogP contribution in [0.25, 0.3) is 10.9 Å². The monoisotopic (exact) mass is 268 g/mol. The van der Waals surface area contributed by atoms with Gasteiger partial charge in [-0.05, 0) is 22.9 Å². The van der Waals surface area contributed by atoms with E-state index in [1.807, 2.05) is 0 Å². The number of carbonyl (C=O) groups excluding carboxylic acids is 1. The molecule has 1 N–H and O–H groups in total. The molecule has 2 aromatic rings. The summed E-state index contributed by atoms with van der Waals surface area (Å²) in [5.41, 5.74) is 1.37. The molecule has 0 spiro atoms. The van der Waals surface area contributed by atoms with Crippen molar-refractivity contribution in [2.45, 2.75) is 6.92 Å². The third-order valence-electron chi connectivity index (χ3n) is 2.05. The molecular formula is C10H9BrN2O2. The van der Waals surface area contributed by atoms with E-state index in [2.05, 4.69) is 25.9 Å². The molecule has 0 aliphatic heterocycles. The molecule has 0 aromatic carbocycles. The molecule has 5 heteroatoms. The molecule has 0 saturated carbocycles. The van der Waals surface area contributed by atoms with Gasteiger partial charge in [0.1, 0.15) is 0 Å². The third-order valence-corrected chi connectivity index (χ3v) is 2.65. The van der Waals surface area contributed by atoms with Gasteiger partial charge in [0.05, 0.1) is 22.2 Å². The highest BCUT2D eigenvalue weighted by atomic mass is 79.9. The van der Waals surface area contributed by atoms with Crippen LogP contribution < -0.4 is 0 Å². The largest absolute Gasteiger partial charge is 0.462 e. The fourth-order valence-electron chi connectivity index (χ4n) is 1.39. The maximum atomic E-state index is 11.5. The highest BCUT2D eigenvalue weighted by Gasteiger charge is 2.14. The van der Waals surface area contributed by atoms with Crippen molar-refractivity contribution in [3.05, 3.63) is 28.6 Å². The number of esters is 1. The summed E-state index contributed by atoms with van der Waals surface area (Å²) in [4.78, 5) is 18.6. The van der Waals surface area contributed by atoms with Crippen LogP contribution in [0, 0.1) is 0 Å². The minimum atomic E-state index is -0.330. The Morgan fingerprint density at radius 3 is 3.13 bits per heavy atom. The molecule has 0 fully saturated rings. The van der Waals surface area contributed by atoms with Crippen LogP contribution in [-0.2, 0) is 4.74 Å². The van der Waals surface area contributed by atoms with Crippen molar-refractivity contribution in [1.29, 1.82) is 0 Å². The first-order valence-electron chi connectivity index (χ1n) is 4.51. The lowest BCUT2D eigenvalue weighted by atomic mass is 10.2. The zero-order valence-electron chi connectivity index (χ0n) is 8.08. The SMILES string of the molecule is CCOC(=O)c1c[nH]c2c(Br)cncc12. The van der Waals surface area contributed by atoms with E-state index in [0.717, 1.165) is 15.4 Å². The summed E-state index contributed by atoms with van der Waals surface area (Å²) in [6.07, 6.45) is 4.95. The van der Waals surface area contributed by atoms with Gasteiger partial charge in [0.15, 0.2) is 0 Å². The Hall–Kier alpha value is -1.36. The predicted molar refractivity (Wildman–Crippen MR) is 59.8 cm³/mol. The molecule has 2 heterocycles. The lowest BCUT2D eigenvalue weighted by molar-refractivity contribution is 0.0528. The van der Waals surface area contributed by atoms with Crippen molar-refractivity contribution in [3.8, 4) is 0 Å². The Morgan fingerprint density at radius 1 is 1.60 bits per heavy atom. The molecule has 0 amide bonds. The van der Waals surface area contributed by atoms with Crippen LogP contribution in [0.3, 0.4) is 0 Å². The predicted octanol–water partition coefficient (Wildman–Crippen LogP) is 2.50. The van der Waals surface area contributed by atoms with Gasteiger partial charge in [0.2, 0.25) is 0 Å². The van der Waals surface area contributed by atoms with Crippen molar-refractivity contribution in [1.82, 2.24) is 9.97 Å². The highest BCUT2D eigenvalue weighted by molar-refractivity contribution is 9.10. The number of hydrogen-bond donors (Lipinski definition) is 1. The Labute approximate surface area is 94.8 Å². The normalized spacial score (nSPS) is 10.5. The van der Waals surface area contributed by atoms with Gasteiger partial charge >= 0.3 is 5.97 Å². The number of aromatic amines is 1.